The summed E-state index contributed by atoms with van der Waals surface area (Å²) in [4.78, 5) is 36.4. The lowest BCUT2D eigenvalue weighted by atomic mass is 9.80. The zero-order valence-electron chi connectivity index (χ0n) is 26.2. The lowest BCUT2D eigenvalue weighted by Crippen LogP contribution is -2.35. The van der Waals surface area contributed by atoms with Crippen LogP contribution in [0.5, 0.6) is 11.5 Å². The van der Waals surface area contributed by atoms with Gasteiger partial charge in [0.15, 0.2) is 11.2 Å². The van der Waals surface area contributed by atoms with Gasteiger partial charge in [0.25, 0.3) is 5.56 Å². The molecule has 1 amide bonds. The molecule has 0 bridgehead atoms. The van der Waals surface area contributed by atoms with Crippen molar-refractivity contribution >= 4 is 23.0 Å². The summed E-state index contributed by atoms with van der Waals surface area (Å²) in [6.07, 6.45) is 2.24. The molecular weight excluding hydrogens is 586 g/mol. The van der Waals surface area contributed by atoms with Gasteiger partial charge >= 0.3 is 0 Å². The molecule has 2 aromatic heterocycles. The molecule has 1 aliphatic heterocycles. The molecule has 11 nitrogen and oxygen atoms in total. The number of H-pyrrole nitrogens is 1. The Bertz CT molecular complexity index is 1800. The molecule has 1 saturated heterocycles. The van der Waals surface area contributed by atoms with Crippen molar-refractivity contribution in [2.45, 2.75) is 44.6 Å². The third-order valence-corrected chi connectivity index (χ3v) is 8.25. The summed E-state index contributed by atoms with van der Waals surface area (Å²) in [5, 5.41) is 2.67. The highest BCUT2D eigenvalue weighted by Gasteiger charge is 2.40. The van der Waals surface area contributed by atoms with Gasteiger partial charge in [-0.05, 0) is 53.8 Å². The number of ether oxygens (including phenoxy) is 4. The van der Waals surface area contributed by atoms with E-state index in [9.17, 15) is 9.59 Å². The van der Waals surface area contributed by atoms with Crippen LogP contribution in [0, 0.1) is 5.92 Å². The molecule has 2 atom stereocenters. The largest absolute Gasteiger partial charge is 0.497 e. The van der Waals surface area contributed by atoms with Crippen LogP contribution in [0.15, 0.2) is 90.0 Å². The summed E-state index contributed by atoms with van der Waals surface area (Å²) < 4.78 is 26.2. The molecular formula is C35H37N5O6. The number of aromatic nitrogens is 4. The molecule has 2 N–H and O–H groups in total. The van der Waals surface area contributed by atoms with Crippen molar-refractivity contribution in [2.24, 2.45) is 5.92 Å². The number of nitrogens with one attached hydrogen (secondary N) is 2. The van der Waals surface area contributed by atoms with Crippen LogP contribution in [-0.4, -0.2) is 52.4 Å². The fourth-order valence-corrected chi connectivity index (χ4v) is 5.76. The van der Waals surface area contributed by atoms with Crippen molar-refractivity contribution in [3.05, 3.63) is 112 Å². The maximum Gasteiger partial charge on any atom is 0.280 e. The molecule has 0 spiro atoms. The van der Waals surface area contributed by atoms with Crippen molar-refractivity contribution in [1.82, 2.24) is 19.5 Å². The molecule has 1 fully saturated rings. The van der Waals surface area contributed by atoms with Crippen molar-refractivity contribution < 1.29 is 23.7 Å². The number of carbonyl (C=O) groups is 1. The van der Waals surface area contributed by atoms with E-state index in [1.54, 1.807) is 39.0 Å². The molecule has 0 radical (unpaired) electrons. The average molecular weight is 624 g/mol. The predicted octanol–water partition coefficient (Wildman–Crippen LogP) is 5.42. The van der Waals surface area contributed by atoms with E-state index in [0.717, 1.165) is 28.2 Å². The van der Waals surface area contributed by atoms with Crippen LogP contribution in [0.25, 0.3) is 11.2 Å². The number of rotatable bonds is 11. The van der Waals surface area contributed by atoms with Crippen LogP contribution in [0.2, 0.25) is 0 Å². The fraction of sp³-hybridized carbons (Fsp3) is 0.314. The molecule has 238 valence electrons. The quantitative estimate of drug-likeness (QED) is 0.187. The molecule has 5 aromatic rings. The van der Waals surface area contributed by atoms with Crippen LogP contribution in [0.3, 0.4) is 0 Å². The number of methoxy groups -OCH3 is 2. The van der Waals surface area contributed by atoms with Crippen molar-refractivity contribution in [3.8, 4) is 11.5 Å². The first-order valence-electron chi connectivity index (χ1n) is 15.2. The third-order valence-electron chi connectivity index (χ3n) is 8.25. The van der Waals surface area contributed by atoms with Crippen molar-refractivity contribution in [3.63, 3.8) is 0 Å². The van der Waals surface area contributed by atoms with Gasteiger partial charge in [0, 0.05) is 5.92 Å². The van der Waals surface area contributed by atoms with Gasteiger partial charge in [-0.25, -0.2) is 4.98 Å². The minimum absolute atomic E-state index is 0.0717. The summed E-state index contributed by atoms with van der Waals surface area (Å²) >= 11 is 0. The first-order chi connectivity index (χ1) is 22.3. The number of carbonyl (C=O) groups excluding carboxylic acids is 1. The maximum absolute atomic E-state index is 12.7. The van der Waals surface area contributed by atoms with Gasteiger partial charge in [0.1, 0.15) is 23.3 Å². The molecule has 11 heteroatoms. The third kappa shape index (κ3) is 5.99. The second-order valence-electron chi connectivity index (χ2n) is 11.5. The first kappa shape index (κ1) is 31.0. The SMILES string of the molecule is COc1ccc(C(OC[C@@H]2CCC(n3cnc4c(=O)[nH]c(NC(=O)C(C)C)nc43)O2)(c2ccccc2)c2ccc(OC)cc2)cc1. The lowest BCUT2D eigenvalue weighted by Gasteiger charge is -2.37. The summed E-state index contributed by atoms with van der Waals surface area (Å²) in [6, 6.07) is 25.9. The van der Waals surface area contributed by atoms with Crippen LogP contribution in [-0.2, 0) is 19.9 Å². The Morgan fingerprint density at radius 1 is 0.957 bits per heavy atom. The number of anilines is 1. The minimum atomic E-state index is -0.971. The second kappa shape index (κ2) is 13.2. The molecule has 46 heavy (non-hydrogen) atoms. The number of hydrogen-bond acceptors (Lipinski definition) is 8. The Kier molecular flexibility index (Phi) is 8.87. The van der Waals surface area contributed by atoms with Crippen molar-refractivity contribution in [2.75, 3.05) is 26.1 Å². The number of nitrogens with zero attached hydrogens (tertiary/aromatic N) is 3. The minimum Gasteiger partial charge on any atom is -0.497 e. The van der Waals surface area contributed by atoms with Gasteiger partial charge in [-0.15, -0.1) is 0 Å². The highest BCUT2D eigenvalue weighted by Crippen LogP contribution is 2.42. The normalized spacial score (nSPS) is 16.5. The van der Waals surface area contributed by atoms with E-state index in [4.69, 9.17) is 18.9 Å². The van der Waals surface area contributed by atoms with E-state index in [1.165, 1.54) is 0 Å². The van der Waals surface area contributed by atoms with Gasteiger partial charge < -0.3 is 18.9 Å². The maximum atomic E-state index is 12.7. The Morgan fingerprint density at radius 3 is 2.15 bits per heavy atom. The second-order valence-corrected chi connectivity index (χ2v) is 11.5. The van der Waals surface area contributed by atoms with Gasteiger partial charge in [-0.3, -0.25) is 24.5 Å². The number of imidazole rings is 1. The number of amides is 1. The number of hydrogen-bond donors (Lipinski definition) is 2. The van der Waals surface area contributed by atoms with E-state index in [0.29, 0.717) is 18.5 Å². The lowest BCUT2D eigenvalue weighted by molar-refractivity contribution is -0.118. The molecule has 1 aliphatic rings. The van der Waals surface area contributed by atoms with Crippen LogP contribution >= 0.6 is 0 Å². The smallest absolute Gasteiger partial charge is 0.280 e. The van der Waals surface area contributed by atoms with E-state index in [-0.39, 0.29) is 36.0 Å². The Hall–Kier alpha value is -5.00. The Balaban J connectivity index is 1.31. The van der Waals surface area contributed by atoms with Crippen LogP contribution in [0.4, 0.5) is 5.95 Å². The van der Waals surface area contributed by atoms with E-state index < -0.39 is 17.4 Å². The predicted molar refractivity (Wildman–Crippen MR) is 173 cm³/mol. The first-order valence-corrected chi connectivity index (χ1v) is 15.2. The number of fused-ring (bicyclic) bond motifs is 1. The zero-order valence-corrected chi connectivity index (χ0v) is 26.2. The monoisotopic (exact) mass is 623 g/mol. The summed E-state index contributed by atoms with van der Waals surface area (Å²) in [5.74, 6) is 1.04. The van der Waals surface area contributed by atoms with Crippen LogP contribution < -0.4 is 20.3 Å². The number of aromatic amines is 1. The summed E-state index contributed by atoms with van der Waals surface area (Å²) in [6.45, 7) is 3.81. The molecule has 1 unspecified atom stereocenters. The zero-order chi connectivity index (χ0) is 32.3. The van der Waals surface area contributed by atoms with Gasteiger partial charge in [0.05, 0.1) is 33.3 Å². The van der Waals surface area contributed by atoms with E-state index in [2.05, 4.69) is 32.4 Å². The fourth-order valence-electron chi connectivity index (χ4n) is 5.76. The topological polar surface area (TPSA) is 130 Å². The molecule has 0 aliphatic carbocycles. The van der Waals surface area contributed by atoms with E-state index in [1.807, 2.05) is 66.7 Å². The summed E-state index contributed by atoms with van der Waals surface area (Å²) in [5.41, 5.74) is 1.92. The van der Waals surface area contributed by atoms with Gasteiger partial charge in [-0.2, -0.15) is 4.98 Å². The van der Waals surface area contributed by atoms with E-state index >= 15 is 0 Å². The van der Waals surface area contributed by atoms with Gasteiger partial charge in [0.2, 0.25) is 11.9 Å². The number of benzene rings is 3. The van der Waals surface area contributed by atoms with Crippen LogP contribution in [0.1, 0.15) is 49.6 Å². The average Bonchev–Trinajstić information content (AvgIpc) is 3.73. The summed E-state index contributed by atoms with van der Waals surface area (Å²) in [7, 11) is 3.29. The standard InChI is InChI=1S/C35H37N5O6/c1-22(2)32(41)38-34-37-31-30(33(42)39-34)36-21-40(31)29-19-18-28(46-29)20-45-35(23-8-6-5-7-9-23,24-10-14-26(43-3)15-11-24)25-12-16-27(44-4)17-13-25/h5-17,21-22,28-29H,18-20H2,1-4H3,(H2,37,38,39,41,42)/t28-,29?/m0/s1. The van der Waals surface area contributed by atoms with Crippen molar-refractivity contribution in [1.29, 1.82) is 0 Å². The molecule has 6 rings (SSSR count). The highest BCUT2D eigenvalue weighted by atomic mass is 16.6. The molecule has 0 saturated carbocycles. The highest BCUT2D eigenvalue weighted by molar-refractivity contribution is 5.91. The molecule has 3 aromatic carbocycles. The Morgan fingerprint density at radius 2 is 1.57 bits per heavy atom. The molecule has 3 heterocycles. The Labute approximate surface area is 266 Å². The van der Waals surface area contributed by atoms with Gasteiger partial charge in [-0.1, -0.05) is 68.4 Å².